The van der Waals surface area contributed by atoms with Gasteiger partial charge in [0.25, 0.3) is 0 Å². The Bertz CT molecular complexity index is 700. The molecule has 86 valence electrons. The number of benzene rings is 1. The van der Waals surface area contributed by atoms with Crippen LogP contribution in [0.4, 0.5) is 5.82 Å². The maximum Gasteiger partial charge on any atom is 0.195 e. The van der Waals surface area contributed by atoms with Gasteiger partial charge in [0.1, 0.15) is 16.9 Å². The van der Waals surface area contributed by atoms with E-state index in [1.807, 2.05) is 38.1 Å². The second kappa shape index (κ2) is 3.45. The van der Waals surface area contributed by atoms with Crippen LogP contribution in [0.5, 0.6) is 0 Å². The molecule has 0 saturated heterocycles. The van der Waals surface area contributed by atoms with Crippen LogP contribution in [0.2, 0.25) is 0 Å². The minimum Gasteiger partial charge on any atom is -0.450 e. The van der Waals surface area contributed by atoms with Gasteiger partial charge in [-0.1, -0.05) is 26.0 Å². The molecular formula is C13H13N3O. The van der Waals surface area contributed by atoms with Crippen molar-refractivity contribution in [3.05, 3.63) is 30.1 Å². The highest BCUT2D eigenvalue weighted by atomic mass is 16.3. The molecule has 0 atom stereocenters. The molecule has 3 rings (SSSR count). The average molecular weight is 227 g/mol. The first kappa shape index (κ1) is 10.1. The van der Waals surface area contributed by atoms with Crippen LogP contribution in [0.3, 0.4) is 0 Å². The smallest absolute Gasteiger partial charge is 0.195 e. The van der Waals surface area contributed by atoms with Crippen LogP contribution in [0.25, 0.3) is 22.1 Å². The molecule has 2 N–H and O–H groups in total. The molecule has 2 aromatic heterocycles. The monoisotopic (exact) mass is 227 g/mol. The maximum atomic E-state index is 5.91. The first-order valence-electron chi connectivity index (χ1n) is 5.61. The fourth-order valence-electron chi connectivity index (χ4n) is 1.89. The maximum absolute atomic E-state index is 5.91. The van der Waals surface area contributed by atoms with Crippen molar-refractivity contribution >= 4 is 27.9 Å². The molecule has 3 aromatic rings. The third-order valence-electron chi connectivity index (χ3n) is 2.78. The quantitative estimate of drug-likeness (QED) is 0.693. The number of nitrogens with zero attached hydrogens (tertiary/aromatic N) is 2. The predicted molar refractivity (Wildman–Crippen MR) is 67.8 cm³/mol. The van der Waals surface area contributed by atoms with Crippen LogP contribution < -0.4 is 5.73 Å². The molecule has 17 heavy (non-hydrogen) atoms. The van der Waals surface area contributed by atoms with E-state index in [-0.39, 0.29) is 5.92 Å². The summed E-state index contributed by atoms with van der Waals surface area (Å²) in [6, 6.07) is 7.78. The van der Waals surface area contributed by atoms with Crippen molar-refractivity contribution < 1.29 is 4.42 Å². The number of aromatic nitrogens is 2. The van der Waals surface area contributed by atoms with Gasteiger partial charge >= 0.3 is 0 Å². The summed E-state index contributed by atoms with van der Waals surface area (Å²) in [5.41, 5.74) is 8.09. The number of hydrogen-bond donors (Lipinski definition) is 1. The zero-order chi connectivity index (χ0) is 12.0. The Hall–Kier alpha value is -2.10. The third kappa shape index (κ3) is 1.45. The summed E-state index contributed by atoms with van der Waals surface area (Å²) < 4.78 is 5.67. The highest BCUT2D eigenvalue weighted by Crippen LogP contribution is 2.30. The molecular weight excluding hydrogens is 214 g/mol. The second-order valence-electron chi connectivity index (χ2n) is 4.40. The van der Waals surface area contributed by atoms with Crippen molar-refractivity contribution in [3.63, 3.8) is 0 Å². The topological polar surface area (TPSA) is 64.9 Å². The number of rotatable bonds is 1. The summed E-state index contributed by atoms with van der Waals surface area (Å²) in [4.78, 5) is 8.81. The van der Waals surface area contributed by atoms with Crippen molar-refractivity contribution in [2.75, 3.05) is 5.73 Å². The first-order chi connectivity index (χ1) is 8.16. The average Bonchev–Trinajstić information content (AvgIpc) is 2.68. The molecule has 0 fully saturated rings. The van der Waals surface area contributed by atoms with Gasteiger partial charge in [0.15, 0.2) is 11.4 Å². The van der Waals surface area contributed by atoms with Gasteiger partial charge in [-0.2, -0.15) is 0 Å². The van der Waals surface area contributed by atoms with E-state index in [0.717, 1.165) is 22.3 Å². The van der Waals surface area contributed by atoms with Crippen molar-refractivity contribution in [2.24, 2.45) is 0 Å². The van der Waals surface area contributed by atoms with Gasteiger partial charge in [-0.05, 0) is 12.1 Å². The Morgan fingerprint density at radius 2 is 1.94 bits per heavy atom. The zero-order valence-corrected chi connectivity index (χ0v) is 9.77. The van der Waals surface area contributed by atoms with E-state index < -0.39 is 0 Å². The molecule has 0 amide bonds. The molecule has 0 aliphatic rings. The Morgan fingerprint density at radius 1 is 1.18 bits per heavy atom. The van der Waals surface area contributed by atoms with E-state index in [1.165, 1.54) is 0 Å². The summed E-state index contributed by atoms with van der Waals surface area (Å²) in [6.07, 6.45) is 0. The molecule has 4 nitrogen and oxygen atoms in total. The third-order valence-corrected chi connectivity index (χ3v) is 2.78. The van der Waals surface area contributed by atoms with E-state index in [1.54, 1.807) is 0 Å². The molecule has 0 saturated carbocycles. The lowest BCUT2D eigenvalue weighted by Crippen LogP contribution is -2.01. The second-order valence-corrected chi connectivity index (χ2v) is 4.40. The Morgan fingerprint density at radius 3 is 2.71 bits per heavy atom. The number of para-hydroxylation sites is 1. The van der Waals surface area contributed by atoms with Gasteiger partial charge in [0, 0.05) is 11.3 Å². The minimum absolute atomic E-state index is 0.246. The normalized spacial score (nSPS) is 11.7. The van der Waals surface area contributed by atoms with Gasteiger partial charge < -0.3 is 10.2 Å². The van der Waals surface area contributed by atoms with Gasteiger partial charge in [-0.3, -0.25) is 0 Å². The van der Waals surface area contributed by atoms with E-state index in [0.29, 0.717) is 11.4 Å². The summed E-state index contributed by atoms with van der Waals surface area (Å²) in [6.45, 7) is 4.09. The molecule has 2 heterocycles. The van der Waals surface area contributed by atoms with Crippen LogP contribution in [0.1, 0.15) is 25.6 Å². The lowest BCUT2D eigenvalue weighted by Gasteiger charge is -2.03. The van der Waals surface area contributed by atoms with E-state index >= 15 is 0 Å². The lowest BCUT2D eigenvalue weighted by atomic mass is 10.2. The molecule has 0 aliphatic heterocycles. The molecule has 0 bridgehead atoms. The number of nitrogen functional groups attached to an aromatic ring is 1. The molecule has 0 aliphatic carbocycles. The standard InChI is InChI=1S/C13H13N3O/c1-7(2)13-15-10-8-5-3-4-6-9(8)17-11(10)12(14)16-13/h3-7H,1-2H3,(H2,14,15,16). The van der Waals surface area contributed by atoms with E-state index in [4.69, 9.17) is 10.2 Å². The predicted octanol–water partition coefficient (Wildman–Crippen LogP) is 3.08. The highest BCUT2D eigenvalue weighted by Gasteiger charge is 2.14. The number of nitrogens with two attached hydrogens (primary N) is 1. The number of hydrogen-bond acceptors (Lipinski definition) is 4. The molecule has 1 aromatic carbocycles. The fourth-order valence-corrected chi connectivity index (χ4v) is 1.89. The van der Waals surface area contributed by atoms with Gasteiger partial charge in [-0.25, -0.2) is 9.97 Å². The number of fused-ring (bicyclic) bond motifs is 3. The largest absolute Gasteiger partial charge is 0.450 e. The van der Waals surface area contributed by atoms with Crippen LogP contribution in [0.15, 0.2) is 28.7 Å². The fraction of sp³-hybridized carbons (Fsp3) is 0.231. The SMILES string of the molecule is CC(C)c1nc(N)c2oc3ccccc3c2n1. The van der Waals surface area contributed by atoms with Crippen molar-refractivity contribution in [3.8, 4) is 0 Å². The summed E-state index contributed by atoms with van der Waals surface area (Å²) >= 11 is 0. The van der Waals surface area contributed by atoms with Crippen LogP contribution in [-0.2, 0) is 0 Å². The zero-order valence-electron chi connectivity index (χ0n) is 9.77. The summed E-state index contributed by atoms with van der Waals surface area (Å²) in [5, 5.41) is 0.985. The lowest BCUT2D eigenvalue weighted by molar-refractivity contribution is 0.664. The molecule has 0 radical (unpaired) electrons. The van der Waals surface area contributed by atoms with Crippen LogP contribution >= 0.6 is 0 Å². The molecule has 0 spiro atoms. The summed E-state index contributed by atoms with van der Waals surface area (Å²) in [5.74, 6) is 1.41. The Kier molecular flexibility index (Phi) is 2.04. The van der Waals surface area contributed by atoms with Crippen LogP contribution in [-0.4, -0.2) is 9.97 Å². The van der Waals surface area contributed by atoms with Gasteiger partial charge in [0.05, 0.1) is 0 Å². The van der Waals surface area contributed by atoms with Gasteiger partial charge in [0.2, 0.25) is 0 Å². The highest BCUT2D eigenvalue weighted by molar-refractivity contribution is 6.05. The summed E-state index contributed by atoms with van der Waals surface area (Å²) in [7, 11) is 0. The van der Waals surface area contributed by atoms with Gasteiger partial charge in [-0.15, -0.1) is 0 Å². The minimum atomic E-state index is 0.246. The number of anilines is 1. The van der Waals surface area contributed by atoms with E-state index in [2.05, 4.69) is 9.97 Å². The first-order valence-corrected chi connectivity index (χ1v) is 5.61. The van der Waals surface area contributed by atoms with Crippen molar-refractivity contribution in [2.45, 2.75) is 19.8 Å². The van der Waals surface area contributed by atoms with Crippen LogP contribution in [0, 0.1) is 0 Å². The van der Waals surface area contributed by atoms with Crippen molar-refractivity contribution in [1.82, 2.24) is 9.97 Å². The molecule has 4 heteroatoms. The number of furan rings is 1. The Balaban J connectivity index is 2.46. The Labute approximate surface area is 98.5 Å². The molecule has 0 unspecified atom stereocenters. The van der Waals surface area contributed by atoms with Crippen molar-refractivity contribution in [1.29, 1.82) is 0 Å². The van der Waals surface area contributed by atoms with E-state index in [9.17, 15) is 0 Å².